The fraction of sp³-hybridized carbons (Fsp3) is 0.250. The molecule has 0 atom stereocenters. The van der Waals surface area contributed by atoms with Gasteiger partial charge in [-0.05, 0) is 48.6 Å². The number of anilines is 1. The lowest BCUT2D eigenvalue weighted by molar-refractivity contribution is 0.0667. The predicted octanol–water partition coefficient (Wildman–Crippen LogP) is 4.43. The van der Waals surface area contributed by atoms with E-state index in [4.69, 9.17) is 10.5 Å². The van der Waals surface area contributed by atoms with Gasteiger partial charge in [0.15, 0.2) is 17.3 Å². The monoisotopic (exact) mass is 633 g/mol. The van der Waals surface area contributed by atoms with E-state index in [0.717, 1.165) is 24.2 Å². The number of likely N-dealkylation sites (N-methyl/N-ethyl adjacent to an activating group) is 1. The highest BCUT2D eigenvalue weighted by Gasteiger charge is 2.33. The molecule has 7 rings (SSSR count). The highest BCUT2D eigenvalue weighted by Crippen LogP contribution is 2.47. The summed E-state index contributed by atoms with van der Waals surface area (Å²) in [5.41, 5.74) is 8.23. The van der Waals surface area contributed by atoms with Crippen molar-refractivity contribution in [1.29, 1.82) is 0 Å². The third kappa shape index (κ3) is 5.52. The Balaban J connectivity index is 1.33. The largest absolute Gasteiger partial charge is 0.451 e. The van der Waals surface area contributed by atoms with Crippen molar-refractivity contribution in [2.45, 2.75) is 0 Å². The van der Waals surface area contributed by atoms with Crippen LogP contribution in [-0.2, 0) is 0 Å². The van der Waals surface area contributed by atoms with Crippen molar-refractivity contribution < 1.29 is 13.9 Å². The third-order valence-electron chi connectivity index (χ3n) is 9.11. The lowest BCUT2D eigenvalue weighted by atomic mass is 10.0. The van der Waals surface area contributed by atoms with Crippen LogP contribution in [0.4, 0.5) is 10.1 Å². The van der Waals surface area contributed by atoms with Crippen LogP contribution in [0.3, 0.4) is 0 Å². The van der Waals surface area contributed by atoms with Gasteiger partial charge >= 0.3 is 0 Å². The molecule has 2 fully saturated rings. The van der Waals surface area contributed by atoms with E-state index in [1.165, 1.54) is 12.3 Å². The summed E-state index contributed by atoms with van der Waals surface area (Å²) in [5.74, 6) is 0.413. The molecule has 4 aromatic rings. The smallest absolute Gasteiger partial charge is 0.259 e. The molecule has 3 aliphatic rings. The number of aromatic nitrogens is 1. The molecule has 0 radical (unpaired) electrons. The zero-order valence-electron chi connectivity index (χ0n) is 26.2. The average Bonchev–Trinajstić information content (AvgIpc) is 3.10. The standard InChI is InChI=1S/C36H36FN7O3/c1-24(39-12-6-11-38)41-17-19-43(20-18-41)36(46)28-23-44-30-21-26(25-7-4-3-5-8-25)9-10-31(30)47-35-32(44)27(34(28)45)22-29(37)33(35)42-15-13-40(2)14-16-42/h3-12,21-23H,1,13-20,38H2,2H3/b11-6-,39-12?. The summed E-state index contributed by atoms with van der Waals surface area (Å²) in [6.45, 7) is 8.52. The molecule has 0 unspecified atom stereocenters. The Morgan fingerprint density at radius 2 is 1.68 bits per heavy atom. The number of aliphatic imine (C=N–C) groups is 1. The highest BCUT2D eigenvalue weighted by atomic mass is 19.1. The van der Waals surface area contributed by atoms with Crippen LogP contribution in [0.15, 0.2) is 95.3 Å². The van der Waals surface area contributed by atoms with Crippen molar-refractivity contribution in [3.05, 3.63) is 107 Å². The molecule has 2 N–H and O–H groups in total. The minimum Gasteiger partial charge on any atom is -0.451 e. The van der Waals surface area contributed by atoms with E-state index < -0.39 is 17.2 Å². The third-order valence-corrected chi connectivity index (χ3v) is 9.11. The Labute approximate surface area is 272 Å². The second-order valence-corrected chi connectivity index (χ2v) is 12.0. The number of fused-ring (bicyclic) bond motifs is 2. The molecule has 1 aromatic heterocycles. The molecule has 2 saturated heterocycles. The number of hydrogen-bond acceptors (Lipinski definition) is 8. The number of carbonyl (C=O) groups is 1. The Bertz CT molecular complexity index is 1990. The number of piperazine rings is 2. The Morgan fingerprint density at radius 1 is 0.957 bits per heavy atom. The number of allylic oxidation sites excluding steroid dienone is 1. The number of hydrogen-bond donors (Lipinski definition) is 1. The van der Waals surface area contributed by atoms with Gasteiger partial charge in [0.25, 0.3) is 5.91 Å². The summed E-state index contributed by atoms with van der Waals surface area (Å²) < 4.78 is 24.5. The zero-order chi connectivity index (χ0) is 32.7. The number of ether oxygens (including phenoxy) is 1. The lowest BCUT2D eigenvalue weighted by Gasteiger charge is -2.37. The van der Waals surface area contributed by atoms with Gasteiger partial charge < -0.3 is 34.6 Å². The first-order chi connectivity index (χ1) is 22.8. The number of nitrogens with zero attached hydrogens (tertiary/aromatic N) is 6. The molecule has 1 amide bonds. The van der Waals surface area contributed by atoms with Crippen LogP contribution in [0.2, 0.25) is 0 Å². The lowest BCUT2D eigenvalue weighted by Crippen LogP contribution is -2.48. The van der Waals surface area contributed by atoms with Gasteiger partial charge in [0.05, 0.1) is 11.1 Å². The number of amides is 1. The number of pyridine rings is 1. The Morgan fingerprint density at radius 3 is 2.40 bits per heavy atom. The van der Waals surface area contributed by atoms with Crippen molar-refractivity contribution in [3.8, 4) is 28.3 Å². The van der Waals surface area contributed by atoms with Crippen molar-refractivity contribution in [2.24, 2.45) is 10.7 Å². The molecule has 240 valence electrons. The average molecular weight is 634 g/mol. The van der Waals surface area contributed by atoms with Crippen molar-refractivity contribution >= 4 is 28.7 Å². The fourth-order valence-electron chi connectivity index (χ4n) is 6.49. The molecule has 3 aromatic carbocycles. The molecular weight excluding hydrogens is 597 g/mol. The zero-order valence-corrected chi connectivity index (χ0v) is 26.2. The van der Waals surface area contributed by atoms with Gasteiger partial charge in [0, 0.05) is 64.8 Å². The quantitative estimate of drug-likeness (QED) is 0.277. The summed E-state index contributed by atoms with van der Waals surface area (Å²) in [6, 6.07) is 17.0. The van der Waals surface area contributed by atoms with Gasteiger partial charge in [-0.2, -0.15) is 0 Å². The van der Waals surface area contributed by atoms with Crippen LogP contribution in [0, 0.1) is 5.82 Å². The summed E-state index contributed by atoms with van der Waals surface area (Å²) in [4.78, 5) is 40.2. The maximum absolute atomic E-state index is 16.1. The molecule has 3 aliphatic heterocycles. The molecule has 0 bridgehead atoms. The van der Waals surface area contributed by atoms with Gasteiger partial charge in [0.1, 0.15) is 22.6 Å². The van der Waals surface area contributed by atoms with E-state index in [2.05, 4.69) is 16.5 Å². The van der Waals surface area contributed by atoms with E-state index in [-0.39, 0.29) is 16.7 Å². The van der Waals surface area contributed by atoms with Crippen molar-refractivity contribution in [2.75, 3.05) is 64.3 Å². The number of halogens is 1. The van der Waals surface area contributed by atoms with Crippen LogP contribution in [-0.4, -0.2) is 90.8 Å². The van der Waals surface area contributed by atoms with Crippen molar-refractivity contribution in [3.63, 3.8) is 0 Å². The number of nitrogens with two attached hydrogens (primary N) is 1. The minimum absolute atomic E-state index is 0.0217. The van der Waals surface area contributed by atoms with Crippen LogP contribution >= 0.6 is 0 Å². The summed E-state index contributed by atoms with van der Waals surface area (Å²) in [7, 11) is 2.04. The first-order valence-electron chi connectivity index (χ1n) is 15.7. The molecule has 10 nitrogen and oxygen atoms in total. The van der Waals surface area contributed by atoms with E-state index >= 15 is 4.39 Å². The van der Waals surface area contributed by atoms with Gasteiger partial charge in [-0.3, -0.25) is 9.59 Å². The Kier molecular flexibility index (Phi) is 7.98. The SMILES string of the molecule is C=C(N=C/C=C\N)N1CCN(C(=O)c2cn3c4c(c(N5CCN(C)CC5)c(F)cc4c2=O)Oc2ccc(-c4ccccc4)cc2-3)CC1. The Hall–Kier alpha value is -5.42. The molecular formula is C36H36FN7O3. The number of carbonyl (C=O) groups excluding carboxylic acids is 1. The summed E-state index contributed by atoms with van der Waals surface area (Å²) in [5, 5.41) is 0.103. The topological polar surface area (TPSA) is 99.6 Å². The first kappa shape index (κ1) is 30.2. The van der Waals surface area contributed by atoms with Gasteiger partial charge in [-0.15, -0.1) is 0 Å². The molecule has 4 heterocycles. The number of benzene rings is 3. The molecule has 0 spiro atoms. The molecule has 0 aliphatic carbocycles. The van der Waals surface area contributed by atoms with E-state index in [9.17, 15) is 9.59 Å². The van der Waals surface area contributed by atoms with Gasteiger partial charge in [-0.1, -0.05) is 43.0 Å². The van der Waals surface area contributed by atoms with E-state index in [1.807, 2.05) is 69.9 Å². The predicted molar refractivity (Wildman–Crippen MR) is 183 cm³/mol. The highest BCUT2D eigenvalue weighted by molar-refractivity contribution is 6.01. The van der Waals surface area contributed by atoms with E-state index in [0.29, 0.717) is 67.7 Å². The first-order valence-corrected chi connectivity index (χ1v) is 15.7. The molecule has 47 heavy (non-hydrogen) atoms. The molecule has 0 saturated carbocycles. The van der Waals surface area contributed by atoms with Crippen LogP contribution in [0.1, 0.15) is 10.4 Å². The number of rotatable bonds is 6. The fourth-order valence-corrected chi connectivity index (χ4v) is 6.49. The molecule has 11 heteroatoms. The van der Waals surface area contributed by atoms with Crippen LogP contribution in [0.25, 0.3) is 27.7 Å². The van der Waals surface area contributed by atoms with Gasteiger partial charge in [0.2, 0.25) is 5.43 Å². The summed E-state index contributed by atoms with van der Waals surface area (Å²) >= 11 is 0. The van der Waals surface area contributed by atoms with Gasteiger partial charge in [-0.25, -0.2) is 9.38 Å². The second kappa shape index (κ2) is 12.4. The second-order valence-electron chi connectivity index (χ2n) is 12.0. The summed E-state index contributed by atoms with van der Waals surface area (Å²) in [6.07, 6.45) is 6.17. The van der Waals surface area contributed by atoms with E-state index in [1.54, 1.807) is 23.4 Å². The van der Waals surface area contributed by atoms with Crippen LogP contribution < -0.4 is 20.8 Å². The normalized spacial score (nSPS) is 16.6. The van der Waals surface area contributed by atoms with Crippen LogP contribution in [0.5, 0.6) is 11.5 Å². The van der Waals surface area contributed by atoms with Crippen molar-refractivity contribution in [1.82, 2.24) is 19.3 Å². The minimum atomic E-state index is -0.549. The maximum Gasteiger partial charge on any atom is 0.259 e. The maximum atomic E-state index is 16.1.